The van der Waals surface area contributed by atoms with Crippen LogP contribution in [-0.4, -0.2) is 45.7 Å². The zero-order valence-corrected chi connectivity index (χ0v) is 18.1. The van der Waals surface area contributed by atoms with E-state index in [9.17, 15) is 14.0 Å². The Hall–Kier alpha value is -3.61. The Morgan fingerprint density at radius 2 is 1.06 bits per heavy atom. The lowest BCUT2D eigenvalue weighted by molar-refractivity contribution is -0.135. The van der Waals surface area contributed by atoms with Crippen LogP contribution in [0.1, 0.15) is 18.1 Å². The zero-order chi connectivity index (χ0) is 23.0. The normalized spacial score (nSPS) is 13.1. The van der Waals surface area contributed by atoms with E-state index in [1.54, 1.807) is 36.4 Å². The van der Waals surface area contributed by atoms with Gasteiger partial charge >= 0.3 is 0 Å². The fourth-order valence-electron chi connectivity index (χ4n) is 2.69. The number of ketones is 2. The second kappa shape index (κ2) is 10.4. The number of hydrogen-bond acceptors (Lipinski definition) is 6. The summed E-state index contributed by atoms with van der Waals surface area (Å²) in [5.41, 5.74) is -1.52. The highest BCUT2D eigenvalue weighted by Gasteiger charge is 2.37. The fourth-order valence-corrected chi connectivity index (χ4v) is 2.69. The molecule has 31 heavy (non-hydrogen) atoms. The molecule has 0 aliphatic heterocycles. The molecule has 0 fully saturated rings. The molecular weight excluding hydrogens is 403 g/mol. The fraction of sp³-hybridized carbons (Fsp3) is 0.250. The van der Waals surface area contributed by atoms with Crippen LogP contribution in [0, 0.1) is 0 Å². The number of carbonyl (C=O) groups excluding carboxylic acids is 2. The summed E-state index contributed by atoms with van der Waals surface area (Å²) in [4.78, 5) is 24.7. The number of rotatable bonds is 10. The molecule has 2 rings (SSSR count). The number of methoxy groups -OCH3 is 4. The minimum absolute atomic E-state index is 0.467. The van der Waals surface area contributed by atoms with Crippen molar-refractivity contribution in [3.8, 4) is 23.0 Å². The lowest BCUT2D eigenvalue weighted by Gasteiger charge is -2.13. The van der Waals surface area contributed by atoms with Gasteiger partial charge in [0, 0.05) is 0 Å². The van der Waals surface area contributed by atoms with Gasteiger partial charge in [0.05, 0.1) is 28.4 Å². The third-order valence-electron chi connectivity index (χ3n) is 4.59. The first-order valence-electron chi connectivity index (χ1n) is 9.34. The number of hydrogen-bond donors (Lipinski definition) is 0. The maximum Gasteiger partial charge on any atom is 0.231 e. The number of allylic oxidation sites excluding steroid dienone is 2. The summed E-state index contributed by atoms with van der Waals surface area (Å²) in [5.74, 6) is 0.0464. The van der Waals surface area contributed by atoms with E-state index in [2.05, 4.69) is 0 Å². The minimum atomic E-state index is -2.71. The Morgan fingerprint density at radius 3 is 1.39 bits per heavy atom. The topological polar surface area (TPSA) is 71.1 Å². The Kier molecular flexibility index (Phi) is 7.96. The molecule has 0 aliphatic carbocycles. The van der Waals surface area contributed by atoms with Crippen molar-refractivity contribution in [3.05, 3.63) is 59.7 Å². The summed E-state index contributed by atoms with van der Waals surface area (Å²) in [5, 5.41) is 0. The van der Waals surface area contributed by atoms with Crippen molar-refractivity contribution in [1.82, 2.24) is 0 Å². The summed E-state index contributed by atoms with van der Waals surface area (Å²) >= 11 is 0. The summed E-state index contributed by atoms with van der Waals surface area (Å²) in [6, 6.07) is 9.95. The number of halogens is 1. The van der Waals surface area contributed by atoms with Crippen molar-refractivity contribution in [1.29, 1.82) is 0 Å². The summed E-state index contributed by atoms with van der Waals surface area (Å²) < 4.78 is 35.6. The van der Waals surface area contributed by atoms with Gasteiger partial charge in [-0.15, -0.1) is 0 Å². The van der Waals surface area contributed by atoms with E-state index >= 15 is 0 Å². The van der Waals surface area contributed by atoms with Crippen LogP contribution in [0.15, 0.2) is 48.6 Å². The molecule has 0 unspecified atom stereocenters. The minimum Gasteiger partial charge on any atom is -0.493 e. The second-order valence-corrected chi connectivity index (χ2v) is 6.63. The Morgan fingerprint density at radius 1 is 0.710 bits per heavy atom. The van der Waals surface area contributed by atoms with Crippen molar-refractivity contribution >= 4 is 23.7 Å². The molecule has 0 bridgehead atoms. The smallest absolute Gasteiger partial charge is 0.231 e. The van der Waals surface area contributed by atoms with E-state index in [1.165, 1.54) is 40.6 Å². The number of carbonyl (C=O) groups is 2. The second-order valence-electron chi connectivity index (χ2n) is 6.63. The molecular formula is C24H25FO6. The van der Waals surface area contributed by atoms with Crippen LogP contribution in [0.3, 0.4) is 0 Å². The molecule has 7 heteroatoms. The van der Waals surface area contributed by atoms with Gasteiger partial charge in [-0.3, -0.25) is 9.59 Å². The van der Waals surface area contributed by atoms with E-state index < -0.39 is 17.2 Å². The number of benzene rings is 2. The SMILES string of the molecule is COc1ccc(C=CC(=O)C(C)(F)C(=O)C=Cc2ccc(OC)c(OC)c2)cc1OC. The van der Waals surface area contributed by atoms with Gasteiger partial charge in [-0.25, -0.2) is 4.39 Å². The summed E-state index contributed by atoms with van der Waals surface area (Å²) in [6.45, 7) is 0.940. The van der Waals surface area contributed by atoms with Crippen LogP contribution < -0.4 is 18.9 Å². The first-order valence-corrected chi connectivity index (χ1v) is 9.34. The van der Waals surface area contributed by atoms with Gasteiger partial charge in [-0.05, 0) is 54.5 Å². The Bertz CT molecular complexity index is 928. The number of alkyl halides is 1. The lowest BCUT2D eigenvalue weighted by atomic mass is 9.95. The molecule has 0 amide bonds. The van der Waals surface area contributed by atoms with E-state index in [4.69, 9.17) is 18.9 Å². The van der Waals surface area contributed by atoms with Gasteiger partial charge < -0.3 is 18.9 Å². The van der Waals surface area contributed by atoms with Crippen LogP contribution in [0.4, 0.5) is 4.39 Å². The van der Waals surface area contributed by atoms with Crippen LogP contribution >= 0.6 is 0 Å². The zero-order valence-electron chi connectivity index (χ0n) is 18.1. The average Bonchev–Trinajstić information content (AvgIpc) is 2.80. The first-order chi connectivity index (χ1) is 14.8. The van der Waals surface area contributed by atoms with E-state index in [0.29, 0.717) is 34.1 Å². The largest absolute Gasteiger partial charge is 0.493 e. The molecule has 6 nitrogen and oxygen atoms in total. The standard InChI is InChI=1S/C24H25FO6/c1-24(25,22(26)12-8-16-6-10-18(28-2)20(14-16)30-4)23(27)13-9-17-7-11-19(29-3)21(15-17)31-5/h6-15H,1-5H3. The molecule has 0 N–H and O–H groups in total. The molecule has 0 atom stereocenters. The maximum absolute atomic E-state index is 14.9. The Labute approximate surface area is 180 Å². The van der Waals surface area contributed by atoms with Crippen LogP contribution in [-0.2, 0) is 9.59 Å². The highest BCUT2D eigenvalue weighted by atomic mass is 19.1. The molecule has 164 valence electrons. The van der Waals surface area contributed by atoms with Gasteiger partial charge in [0.25, 0.3) is 0 Å². The Balaban J connectivity index is 2.14. The van der Waals surface area contributed by atoms with Crippen molar-refractivity contribution in [3.63, 3.8) is 0 Å². The van der Waals surface area contributed by atoms with Gasteiger partial charge in [0.15, 0.2) is 23.0 Å². The summed E-state index contributed by atoms with van der Waals surface area (Å²) in [7, 11) is 5.98. The van der Waals surface area contributed by atoms with Gasteiger partial charge in [-0.1, -0.05) is 24.3 Å². The molecule has 0 aliphatic rings. The third kappa shape index (κ3) is 5.72. The van der Waals surface area contributed by atoms with Gasteiger partial charge in [0.1, 0.15) is 0 Å². The molecule has 0 aromatic heterocycles. The highest BCUT2D eigenvalue weighted by Crippen LogP contribution is 2.29. The molecule has 0 saturated heterocycles. The van der Waals surface area contributed by atoms with Crippen LogP contribution in [0.2, 0.25) is 0 Å². The number of ether oxygens (including phenoxy) is 4. The van der Waals surface area contributed by atoms with Crippen molar-refractivity contribution < 1.29 is 32.9 Å². The van der Waals surface area contributed by atoms with Crippen LogP contribution in [0.25, 0.3) is 12.2 Å². The summed E-state index contributed by atoms with van der Waals surface area (Å²) in [6.07, 6.45) is 4.88. The van der Waals surface area contributed by atoms with Crippen molar-refractivity contribution in [2.24, 2.45) is 0 Å². The molecule has 2 aromatic carbocycles. The van der Waals surface area contributed by atoms with Crippen molar-refractivity contribution in [2.45, 2.75) is 12.6 Å². The quantitative estimate of drug-likeness (QED) is 0.415. The molecule has 0 heterocycles. The van der Waals surface area contributed by atoms with E-state index in [1.807, 2.05) is 0 Å². The third-order valence-corrected chi connectivity index (χ3v) is 4.59. The lowest BCUT2D eigenvalue weighted by Crippen LogP contribution is -2.37. The first kappa shape index (κ1) is 23.7. The predicted molar refractivity (Wildman–Crippen MR) is 117 cm³/mol. The maximum atomic E-state index is 14.9. The van der Waals surface area contributed by atoms with E-state index in [0.717, 1.165) is 19.1 Å². The van der Waals surface area contributed by atoms with Gasteiger partial charge in [-0.2, -0.15) is 0 Å². The molecule has 0 radical (unpaired) electrons. The van der Waals surface area contributed by atoms with Gasteiger partial charge in [0.2, 0.25) is 17.2 Å². The molecule has 0 spiro atoms. The van der Waals surface area contributed by atoms with Crippen molar-refractivity contribution in [2.75, 3.05) is 28.4 Å². The molecule has 0 saturated carbocycles. The monoisotopic (exact) mass is 428 g/mol. The average molecular weight is 428 g/mol. The van der Waals surface area contributed by atoms with Crippen LogP contribution in [0.5, 0.6) is 23.0 Å². The highest BCUT2D eigenvalue weighted by molar-refractivity contribution is 6.19. The molecule has 2 aromatic rings. The predicted octanol–water partition coefficient (Wildman–Crippen LogP) is 4.31. The van der Waals surface area contributed by atoms with E-state index in [-0.39, 0.29) is 0 Å².